The maximum absolute atomic E-state index is 12.8. The molecule has 1 atom stereocenters. The van der Waals surface area contributed by atoms with Gasteiger partial charge in [-0.1, -0.05) is 12.1 Å². The van der Waals surface area contributed by atoms with Crippen molar-refractivity contribution in [3.05, 3.63) is 53.5 Å². The quantitative estimate of drug-likeness (QED) is 0.506. The van der Waals surface area contributed by atoms with E-state index in [1.807, 2.05) is 17.2 Å². The highest BCUT2D eigenvalue weighted by molar-refractivity contribution is 5.76. The Kier molecular flexibility index (Phi) is 9.09. The molecule has 4 heterocycles. The molecule has 0 aliphatic carbocycles. The van der Waals surface area contributed by atoms with Crippen LogP contribution in [-0.2, 0) is 27.2 Å². The Morgan fingerprint density at radius 2 is 2.03 bits per heavy atom. The number of aromatic nitrogens is 2. The monoisotopic (exact) mass is 478 g/mol. The molecular weight excluding hydrogens is 440 g/mol. The zero-order chi connectivity index (χ0) is 24.5. The number of esters is 1. The van der Waals surface area contributed by atoms with Crippen LogP contribution in [-0.4, -0.2) is 53.5 Å². The van der Waals surface area contributed by atoms with Crippen molar-refractivity contribution in [2.45, 2.75) is 70.1 Å². The van der Waals surface area contributed by atoms with E-state index >= 15 is 0 Å². The molecule has 2 aromatic rings. The predicted molar refractivity (Wildman–Crippen MR) is 136 cm³/mol. The molecule has 35 heavy (non-hydrogen) atoms. The standard InChI is InChI=1S/C28H38N4O3/c1-35-27(34)13-9-22(24-5-2-16-29-20-24)7-6-21-14-18-32(19-15-21)26(33)12-11-25-10-8-23-4-3-17-30-28(23)31-25/h2,5,8,10,16,20-22H,3-4,6-7,9,11-15,17-19H2,1H3,(H,30,31). The van der Waals surface area contributed by atoms with Gasteiger partial charge in [0.25, 0.3) is 0 Å². The van der Waals surface area contributed by atoms with Crippen LogP contribution in [0.5, 0.6) is 0 Å². The normalized spacial score (nSPS) is 16.8. The zero-order valence-electron chi connectivity index (χ0n) is 20.9. The van der Waals surface area contributed by atoms with Gasteiger partial charge in [-0.3, -0.25) is 14.6 Å². The van der Waals surface area contributed by atoms with Crippen molar-refractivity contribution in [3.8, 4) is 0 Å². The van der Waals surface area contributed by atoms with Gasteiger partial charge in [0, 0.05) is 50.6 Å². The number of fused-ring (bicyclic) bond motifs is 1. The number of amides is 1. The summed E-state index contributed by atoms with van der Waals surface area (Å²) in [5, 5.41) is 3.37. The van der Waals surface area contributed by atoms with Crippen molar-refractivity contribution < 1.29 is 14.3 Å². The molecule has 0 spiro atoms. The molecule has 188 valence electrons. The van der Waals surface area contributed by atoms with Gasteiger partial charge in [0.1, 0.15) is 5.82 Å². The number of carbonyl (C=O) groups excluding carboxylic acids is 2. The summed E-state index contributed by atoms with van der Waals surface area (Å²) in [6, 6.07) is 8.29. The van der Waals surface area contributed by atoms with Crippen LogP contribution in [0.1, 0.15) is 74.1 Å². The van der Waals surface area contributed by atoms with Gasteiger partial charge in [0.15, 0.2) is 0 Å². The van der Waals surface area contributed by atoms with Gasteiger partial charge in [-0.05, 0) is 86.5 Å². The largest absolute Gasteiger partial charge is 0.469 e. The number of pyridine rings is 2. The number of hydrogen-bond donors (Lipinski definition) is 1. The Morgan fingerprint density at radius 1 is 1.17 bits per heavy atom. The van der Waals surface area contributed by atoms with E-state index in [0.717, 1.165) is 76.1 Å². The van der Waals surface area contributed by atoms with Crippen molar-refractivity contribution in [3.63, 3.8) is 0 Å². The number of rotatable bonds is 10. The number of anilines is 1. The number of aryl methyl sites for hydroxylation is 2. The Bertz CT molecular complexity index is 973. The zero-order valence-corrected chi connectivity index (χ0v) is 20.9. The van der Waals surface area contributed by atoms with Crippen molar-refractivity contribution in [2.75, 3.05) is 32.1 Å². The smallest absolute Gasteiger partial charge is 0.305 e. The number of nitrogens with zero attached hydrogens (tertiary/aromatic N) is 3. The van der Waals surface area contributed by atoms with Crippen LogP contribution in [0.4, 0.5) is 5.82 Å². The van der Waals surface area contributed by atoms with Gasteiger partial charge in [-0.25, -0.2) is 4.98 Å². The molecule has 1 fully saturated rings. The van der Waals surface area contributed by atoms with Crippen LogP contribution in [0, 0.1) is 5.92 Å². The van der Waals surface area contributed by atoms with Crippen LogP contribution < -0.4 is 5.32 Å². The molecule has 0 radical (unpaired) electrons. The van der Waals surface area contributed by atoms with Gasteiger partial charge in [0.2, 0.25) is 5.91 Å². The minimum absolute atomic E-state index is 0.160. The molecule has 4 rings (SSSR count). The Morgan fingerprint density at radius 3 is 2.80 bits per heavy atom. The minimum atomic E-state index is -0.160. The van der Waals surface area contributed by atoms with Gasteiger partial charge in [-0.2, -0.15) is 0 Å². The number of hydrogen-bond acceptors (Lipinski definition) is 6. The lowest BCUT2D eigenvalue weighted by atomic mass is 9.84. The fourth-order valence-electron chi connectivity index (χ4n) is 5.30. The van der Waals surface area contributed by atoms with E-state index in [1.54, 1.807) is 6.20 Å². The summed E-state index contributed by atoms with van der Waals surface area (Å²) in [6.45, 7) is 2.65. The third kappa shape index (κ3) is 7.26. The summed E-state index contributed by atoms with van der Waals surface area (Å²) < 4.78 is 4.84. The van der Waals surface area contributed by atoms with E-state index in [2.05, 4.69) is 28.5 Å². The van der Waals surface area contributed by atoms with E-state index in [4.69, 9.17) is 9.72 Å². The Hall–Kier alpha value is -2.96. The van der Waals surface area contributed by atoms with E-state index in [-0.39, 0.29) is 11.9 Å². The van der Waals surface area contributed by atoms with Crippen LogP contribution >= 0.6 is 0 Å². The fourth-order valence-corrected chi connectivity index (χ4v) is 5.30. The lowest BCUT2D eigenvalue weighted by Crippen LogP contribution is -2.38. The summed E-state index contributed by atoms with van der Waals surface area (Å²) in [5.41, 5.74) is 3.47. The van der Waals surface area contributed by atoms with Gasteiger partial charge in [-0.15, -0.1) is 0 Å². The van der Waals surface area contributed by atoms with Crippen LogP contribution in [0.3, 0.4) is 0 Å². The molecule has 7 heteroatoms. The SMILES string of the molecule is COC(=O)CCC(CCC1CCN(C(=O)CCc2ccc3c(n2)NCCC3)CC1)c1cccnc1. The molecule has 1 N–H and O–H groups in total. The van der Waals surface area contributed by atoms with E-state index in [0.29, 0.717) is 31.1 Å². The lowest BCUT2D eigenvalue weighted by molar-refractivity contribution is -0.140. The topological polar surface area (TPSA) is 84.4 Å². The third-order valence-corrected chi connectivity index (χ3v) is 7.52. The van der Waals surface area contributed by atoms with Crippen molar-refractivity contribution >= 4 is 17.7 Å². The maximum Gasteiger partial charge on any atom is 0.305 e. The molecule has 7 nitrogen and oxygen atoms in total. The Labute approximate surface area is 208 Å². The highest BCUT2D eigenvalue weighted by Gasteiger charge is 2.24. The third-order valence-electron chi connectivity index (χ3n) is 7.52. The highest BCUT2D eigenvalue weighted by atomic mass is 16.5. The molecular formula is C28H38N4O3. The first-order chi connectivity index (χ1) is 17.1. The van der Waals surface area contributed by atoms with E-state index < -0.39 is 0 Å². The van der Waals surface area contributed by atoms with Gasteiger partial charge in [0.05, 0.1) is 7.11 Å². The molecule has 1 amide bonds. The number of likely N-dealkylation sites (tertiary alicyclic amines) is 1. The molecule has 2 aliphatic heterocycles. The number of carbonyl (C=O) groups is 2. The molecule has 1 saturated heterocycles. The van der Waals surface area contributed by atoms with Crippen molar-refractivity contribution in [1.82, 2.24) is 14.9 Å². The van der Waals surface area contributed by atoms with Crippen LogP contribution in [0.15, 0.2) is 36.7 Å². The maximum atomic E-state index is 12.8. The Balaban J connectivity index is 1.21. The second kappa shape index (κ2) is 12.7. The average Bonchev–Trinajstić information content (AvgIpc) is 2.92. The number of piperidine rings is 1. The summed E-state index contributed by atoms with van der Waals surface area (Å²) in [4.78, 5) is 35.5. The number of ether oxygens (including phenoxy) is 1. The van der Waals surface area contributed by atoms with Crippen molar-refractivity contribution in [2.24, 2.45) is 5.92 Å². The van der Waals surface area contributed by atoms with Crippen LogP contribution in [0.2, 0.25) is 0 Å². The summed E-state index contributed by atoms with van der Waals surface area (Å²) in [5.74, 6) is 2.00. The highest BCUT2D eigenvalue weighted by Crippen LogP contribution is 2.31. The fraction of sp³-hybridized carbons (Fsp3) is 0.571. The lowest BCUT2D eigenvalue weighted by Gasteiger charge is -2.33. The summed E-state index contributed by atoms with van der Waals surface area (Å²) >= 11 is 0. The second-order valence-corrected chi connectivity index (χ2v) is 9.84. The van der Waals surface area contributed by atoms with E-state index in [9.17, 15) is 9.59 Å². The number of methoxy groups -OCH3 is 1. The summed E-state index contributed by atoms with van der Waals surface area (Å²) in [7, 11) is 1.44. The number of nitrogens with one attached hydrogen (secondary N) is 1. The van der Waals surface area contributed by atoms with Gasteiger partial charge < -0.3 is 15.0 Å². The van der Waals surface area contributed by atoms with Gasteiger partial charge >= 0.3 is 5.97 Å². The first-order valence-electron chi connectivity index (χ1n) is 13.1. The molecule has 1 unspecified atom stereocenters. The molecule has 0 saturated carbocycles. The van der Waals surface area contributed by atoms with E-state index in [1.165, 1.54) is 18.2 Å². The minimum Gasteiger partial charge on any atom is -0.469 e. The van der Waals surface area contributed by atoms with Crippen molar-refractivity contribution in [1.29, 1.82) is 0 Å². The second-order valence-electron chi connectivity index (χ2n) is 9.84. The first kappa shape index (κ1) is 25.1. The molecule has 0 bridgehead atoms. The summed E-state index contributed by atoms with van der Waals surface area (Å²) in [6.07, 6.45) is 12.6. The van der Waals surface area contributed by atoms with Crippen LogP contribution in [0.25, 0.3) is 0 Å². The molecule has 0 aromatic carbocycles. The average molecular weight is 479 g/mol. The molecule has 2 aliphatic rings. The first-order valence-corrected chi connectivity index (χ1v) is 13.1. The molecule has 2 aromatic heterocycles. The predicted octanol–water partition coefficient (Wildman–Crippen LogP) is 4.52.